The summed E-state index contributed by atoms with van der Waals surface area (Å²) in [6, 6.07) is 0. The normalized spacial score (nSPS) is 24.0. The summed E-state index contributed by atoms with van der Waals surface area (Å²) in [6.45, 7) is 4.07. The van der Waals surface area contributed by atoms with E-state index in [9.17, 15) is 13.2 Å². The van der Waals surface area contributed by atoms with Gasteiger partial charge in [0.25, 0.3) is 0 Å². The molecule has 32 heavy (non-hydrogen) atoms. The van der Waals surface area contributed by atoms with Crippen LogP contribution >= 0.6 is 19.2 Å². The van der Waals surface area contributed by atoms with Crippen LogP contribution in [0.2, 0.25) is 0 Å². The molecule has 3 saturated carbocycles. The van der Waals surface area contributed by atoms with Crippen molar-refractivity contribution in [3.8, 4) is 0 Å². The van der Waals surface area contributed by atoms with E-state index >= 15 is 0 Å². The number of nitrogens with one attached hydrogen (secondary N) is 2. The van der Waals surface area contributed by atoms with Crippen molar-refractivity contribution < 1.29 is 13.2 Å². The Labute approximate surface area is 199 Å². The molecule has 3 aliphatic carbocycles. The van der Waals surface area contributed by atoms with Crippen LogP contribution in [0.5, 0.6) is 0 Å². The van der Waals surface area contributed by atoms with E-state index in [2.05, 4.69) is 10.0 Å². The van der Waals surface area contributed by atoms with Gasteiger partial charge in [-0.15, -0.1) is 0 Å². The molecule has 0 amide bonds. The van der Waals surface area contributed by atoms with Crippen molar-refractivity contribution in [3.05, 3.63) is 0 Å². The van der Waals surface area contributed by atoms with Gasteiger partial charge in [-0.2, -0.15) is 0 Å². The van der Waals surface area contributed by atoms with Crippen LogP contribution in [0.1, 0.15) is 123 Å². The summed E-state index contributed by atoms with van der Waals surface area (Å²) in [5, 5.41) is 3.87. The van der Waals surface area contributed by atoms with E-state index in [1.165, 1.54) is 96.3 Å². The molecule has 0 radical (unpaired) electrons. The van der Waals surface area contributed by atoms with Gasteiger partial charge in [0.1, 0.15) is 0 Å². The zero-order chi connectivity index (χ0) is 23.1. The van der Waals surface area contributed by atoms with Crippen molar-refractivity contribution in [1.82, 2.24) is 10.0 Å². The number of alkyl halides is 3. The molecular weight excluding hydrogens is 448 g/mol. The van der Waals surface area contributed by atoms with Crippen LogP contribution in [0.3, 0.4) is 0 Å². The fraction of sp³-hybridized carbons (Fsp3) is 1.00. The standard InChI is InChI=1S/C25H48F3N2PS/c1-3-24(4-2,30-32-25(26,27)28)29-20-31(21-14-8-5-9-15-21,22-16-10-6-11-17-22)23-18-12-7-13-19-23/h21-23,29-31H,3-20H2,1-2H3. The average Bonchev–Trinajstić information content (AvgIpc) is 2.83. The van der Waals surface area contributed by atoms with E-state index in [1.807, 2.05) is 13.8 Å². The molecule has 3 aliphatic rings. The van der Waals surface area contributed by atoms with Gasteiger partial charge in [0.05, 0.1) is 0 Å². The van der Waals surface area contributed by atoms with Gasteiger partial charge in [0.2, 0.25) is 0 Å². The van der Waals surface area contributed by atoms with Crippen LogP contribution in [0.4, 0.5) is 13.2 Å². The SMILES string of the molecule is CCC(CC)(NC[PH](C1CCCCC1)(C1CCCCC1)C1CCCCC1)NSC(F)(F)F. The molecule has 2 nitrogen and oxygen atoms in total. The van der Waals surface area contributed by atoms with Gasteiger partial charge in [-0.1, -0.05) is 0 Å². The van der Waals surface area contributed by atoms with Gasteiger partial charge in [-0.25, -0.2) is 0 Å². The van der Waals surface area contributed by atoms with Gasteiger partial charge >= 0.3 is 200 Å². The van der Waals surface area contributed by atoms with Crippen molar-refractivity contribution in [2.75, 3.05) is 6.29 Å². The van der Waals surface area contributed by atoms with Gasteiger partial charge in [0, 0.05) is 0 Å². The van der Waals surface area contributed by atoms with E-state index in [0.717, 1.165) is 23.3 Å². The zero-order valence-corrected chi connectivity index (χ0v) is 22.3. The van der Waals surface area contributed by atoms with Crippen LogP contribution in [0, 0.1) is 0 Å². The van der Waals surface area contributed by atoms with Crippen molar-refractivity contribution in [2.45, 2.75) is 151 Å². The van der Waals surface area contributed by atoms with Crippen molar-refractivity contribution in [2.24, 2.45) is 0 Å². The molecule has 0 unspecified atom stereocenters. The number of rotatable bonds is 10. The summed E-state index contributed by atoms with van der Waals surface area (Å²) < 4.78 is 42.1. The Morgan fingerprint density at radius 3 is 1.38 bits per heavy atom. The second-order valence-corrected chi connectivity index (χ2v) is 16.8. The second kappa shape index (κ2) is 12.5. The molecule has 3 rings (SSSR count). The fourth-order valence-corrected chi connectivity index (χ4v) is 16.1. The predicted octanol–water partition coefficient (Wildman–Crippen LogP) is 8.56. The summed E-state index contributed by atoms with van der Waals surface area (Å²) in [7, 11) is -1.75. The third-order valence-corrected chi connectivity index (χ3v) is 17.2. The molecule has 2 N–H and O–H groups in total. The Bertz CT molecular complexity index is 492. The van der Waals surface area contributed by atoms with E-state index in [-0.39, 0.29) is 11.9 Å². The van der Waals surface area contributed by atoms with Crippen molar-refractivity contribution in [3.63, 3.8) is 0 Å². The minimum atomic E-state index is -4.25. The van der Waals surface area contributed by atoms with Crippen LogP contribution in [-0.2, 0) is 0 Å². The van der Waals surface area contributed by atoms with Gasteiger partial charge < -0.3 is 0 Å². The van der Waals surface area contributed by atoms with E-state index in [0.29, 0.717) is 12.8 Å². The maximum absolute atomic E-state index is 13.1. The molecule has 190 valence electrons. The van der Waals surface area contributed by atoms with Crippen LogP contribution in [0.25, 0.3) is 0 Å². The molecule has 3 fully saturated rings. The summed E-state index contributed by atoms with van der Waals surface area (Å²) in [6.07, 6.45) is 23.0. The van der Waals surface area contributed by atoms with Gasteiger partial charge in [-0.3, -0.25) is 0 Å². The first-order valence-corrected chi connectivity index (χ1v) is 16.9. The molecule has 0 aromatic heterocycles. The molecular formula is C25H48F3N2PS. The number of hydrogen-bond donors (Lipinski definition) is 2. The third-order valence-electron chi connectivity index (χ3n) is 9.40. The van der Waals surface area contributed by atoms with E-state index in [4.69, 9.17) is 0 Å². The Hall–Kier alpha value is 0.490. The molecule has 0 aromatic carbocycles. The Morgan fingerprint density at radius 2 is 1.06 bits per heavy atom. The van der Waals surface area contributed by atoms with Crippen molar-refractivity contribution >= 4 is 19.2 Å². The average molecular weight is 497 g/mol. The summed E-state index contributed by atoms with van der Waals surface area (Å²) in [4.78, 5) is 0. The second-order valence-electron chi connectivity index (χ2n) is 10.9. The molecule has 0 bridgehead atoms. The third kappa shape index (κ3) is 6.79. The molecule has 0 aromatic rings. The summed E-state index contributed by atoms with van der Waals surface area (Å²) in [5.74, 6) is 0. The topological polar surface area (TPSA) is 24.1 Å². The fourth-order valence-electron chi connectivity index (χ4n) is 7.51. The Balaban J connectivity index is 1.90. The first-order valence-electron chi connectivity index (χ1n) is 13.6. The monoisotopic (exact) mass is 496 g/mol. The molecule has 0 spiro atoms. The molecule has 0 saturated heterocycles. The van der Waals surface area contributed by atoms with Crippen LogP contribution in [-0.4, -0.2) is 34.4 Å². The van der Waals surface area contributed by atoms with Crippen LogP contribution in [0.15, 0.2) is 0 Å². The van der Waals surface area contributed by atoms with E-state index in [1.54, 1.807) is 0 Å². The molecule has 7 heteroatoms. The van der Waals surface area contributed by atoms with Crippen LogP contribution < -0.4 is 10.0 Å². The summed E-state index contributed by atoms with van der Waals surface area (Å²) >= 11 is -0.0501. The van der Waals surface area contributed by atoms with E-state index < -0.39 is 18.4 Å². The zero-order valence-electron chi connectivity index (χ0n) is 20.5. The van der Waals surface area contributed by atoms with Gasteiger partial charge in [-0.05, 0) is 0 Å². The van der Waals surface area contributed by atoms with Gasteiger partial charge in [0.15, 0.2) is 0 Å². The Kier molecular flexibility index (Phi) is 10.5. The molecule has 0 heterocycles. The number of hydrogen-bond acceptors (Lipinski definition) is 3. The maximum atomic E-state index is 13.1. The quantitative estimate of drug-likeness (QED) is 0.180. The molecule has 0 atom stereocenters. The Morgan fingerprint density at radius 1 is 0.688 bits per heavy atom. The molecule has 0 aliphatic heterocycles. The first kappa shape index (κ1) is 27.1. The van der Waals surface area contributed by atoms with Crippen molar-refractivity contribution in [1.29, 1.82) is 0 Å². The minimum absolute atomic E-state index is 0.0501. The summed E-state index contributed by atoms with van der Waals surface area (Å²) in [5.41, 5.74) is -2.26. The first-order chi connectivity index (χ1) is 15.4. The number of halogens is 3. The predicted molar refractivity (Wildman–Crippen MR) is 137 cm³/mol.